The van der Waals surface area contributed by atoms with E-state index in [4.69, 9.17) is 4.98 Å². The maximum absolute atomic E-state index is 13.0. The Hall–Kier alpha value is -1.91. The van der Waals surface area contributed by atoms with Gasteiger partial charge in [-0.3, -0.25) is 4.79 Å². The number of carbonyl (C=O) groups excluding carboxylic acids is 1. The van der Waals surface area contributed by atoms with Crippen molar-refractivity contribution in [2.24, 2.45) is 0 Å². The molecule has 0 saturated heterocycles. The lowest BCUT2D eigenvalue weighted by Crippen LogP contribution is -2.24. The standard InChI is InChI=1S/C21H22N2OS.ClH/c1-12-8-10-14(11-9-12)18-17(21(24)23(3)4)13(2)22-20-19(18)15-6-5-7-16(15)25-20;/h8-11H,5-7H2,1-4H3;1H. The number of halogens is 1. The smallest absolute Gasteiger partial charge is 0.255 e. The number of aromatic nitrogens is 1. The van der Waals surface area contributed by atoms with Crippen molar-refractivity contribution in [3.05, 3.63) is 51.5 Å². The molecule has 5 heteroatoms. The maximum atomic E-state index is 13.0. The van der Waals surface area contributed by atoms with Gasteiger partial charge in [-0.05, 0) is 44.2 Å². The summed E-state index contributed by atoms with van der Waals surface area (Å²) in [6, 6.07) is 8.50. The van der Waals surface area contributed by atoms with Gasteiger partial charge in [0.1, 0.15) is 4.83 Å². The van der Waals surface area contributed by atoms with Gasteiger partial charge in [0.15, 0.2) is 0 Å². The molecule has 0 atom stereocenters. The number of rotatable bonds is 2. The van der Waals surface area contributed by atoms with Crippen molar-refractivity contribution in [1.82, 2.24) is 9.88 Å². The van der Waals surface area contributed by atoms with Crippen LogP contribution in [0.5, 0.6) is 0 Å². The zero-order chi connectivity index (χ0) is 17.7. The summed E-state index contributed by atoms with van der Waals surface area (Å²) < 4.78 is 0. The van der Waals surface area contributed by atoms with Crippen LogP contribution >= 0.6 is 23.7 Å². The van der Waals surface area contributed by atoms with E-state index in [-0.39, 0.29) is 18.3 Å². The van der Waals surface area contributed by atoms with Crippen LogP contribution in [0, 0.1) is 13.8 Å². The predicted octanol–water partition coefficient (Wildman–Crippen LogP) is 5.19. The SMILES string of the molecule is Cc1ccc(-c2c(C(=O)N(C)C)c(C)nc3sc4c(c23)CCC4)cc1.Cl. The number of hydrogen-bond acceptors (Lipinski definition) is 3. The number of nitrogens with zero attached hydrogens (tertiary/aromatic N) is 2. The first-order chi connectivity index (χ1) is 12.0. The molecule has 2 heterocycles. The lowest BCUT2D eigenvalue weighted by Gasteiger charge is -2.18. The molecule has 1 aliphatic carbocycles. The molecule has 0 N–H and O–H groups in total. The number of pyridine rings is 1. The topological polar surface area (TPSA) is 33.2 Å². The van der Waals surface area contributed by atoms with Gasteiger partial charge in [-0.25, -0.2) is 4.98 Å². The molecular weight excluding hydrogens is 364 g/mol. The minimum Gasteiger partial charge on any atom is -0.345 e. The van der Waals surface area contributed by atoms with Gasteiger partial charge in [-0.2, -0.15) is 0 Å². The van der Waals surface area contributed by atoms with E-state index in [0.29, 0.717) is 0 Å². The second-order valence-electron chi connectivity index (χ2n) is 7.05. The van der Waals surface area contributed by atoms with E-state index in [2.05, 4.69) is 31.2 Å². The molecule has 1 amide bonds. The van der Waals surface area contributed by atoms with Gasteiger partial charge in [0.2, 0.25) is 0 Å². The molecule has 0 spiro atoms. The van der Waals surface area contributed by atoms with E-state index in [0.717, 1.165) is 40.1 Å². The van der Waals surface area contributed by atoms with Crippen molar-refractivity contribution in [1.29, 1.82) is 0 Å². The van der Waals surface area contributed by atoms with Crippen LogP contribution < -0.4 is 0 Å². The van der Waals surface area contributed by atoms with Gasteiger partial charge in [0, 0.05) is 29.9 Å². The van der Waals surface area contributed by atoms with Crippen LogP contribution in [0.2, 0.25) is 0 Å². The average Bonchev–Trinajstić information content (AvgIpc) is 3.14. The maximum Gasteiger partial charge on any atom is 0.255 e. The largest absolute Gasteiger partial charge is 0.345 e. The van der Waals surface area contributed by atoms with Crippen molar-refractivity contribution < 1.29 is 4.79 Å². The third-order valence-electron chi connectivity index (χ3n) is 4.99. The highest BCUT2D eigenvalue weighted by Gasteiger charge is 2.27. The molecule has 0 radical (unpaired) electrons. The Labute approximate surface area is 164 Å². The number of thiophene rings is 1. The Balaban J connectivity index is 0.00000196. The molecule has 2 aromatic heterocycles. The van der Waals surface area contributed by atoms with Crippen molar-refractivity contribution in [2.75, 3.05) is 14.1 Å². The zero-order valence-corrected chi connectivity index (χ0v) is 17.2. The third kappa shape index (κ3) is 2.91. The second kappa shape index (κ2) is 7.01. The molecule has 1 aliphatic rings. The first-order valence-electron chi connectivity index (χ1n) is 8.71. The zero-order valence-electron chi connectivity index (χ0n) is 15.5. The fraction of sp³-hybridized carbons (Fsp3) is 0.333. The Morgan fingerprint density at radius 3 is 2.46 bits per heavy atom. The minimum absolute atomic E-state index is 0. The summed E-state index contributed by atoms with van der Waals surface area (Å²) in [5.74, 6) is 0.0282. The highest BCUT2D eigenvalue weighted by atomic mass is 35.5. The second-order valence-corrected chi connectivity index (χ2v) is 8.13. The van der Waals surface area contributed by atoms with Gasteiger partial charge < -0.3 is 4.90 Å². The summed E-state index contributed by atoms with van der Waals surface area (Å²) >= 11 is 1.81. The summed E-state index contributed by atoms with van der Waals surface area (Å²) in [5.41, 5.74) is 6.38. The van der Waals surface area contributed by atoms with Crippen molar-refractivity contribution in [3.63, 3.8) is 0 Å². The number of fused-ring (bicyclic) bond motifs is 3. The summed E-state index contributed by atoms with van der Waals surface area (Å²) in [6.07, 6.45) is 3.43. The summed E-state index contributed by atoms with van der Waals surface area (Å²) in [6.45, 7) is 4.05. The molecule has 26 heavy (non-hydrogen) atoms. The van der Waals surface area contributed by atoms with Crippen LogP contribution in [0.3, 0.4) is 0 Å². The normalized spacial score (nSPS) is 12.8. The number of hydrogen-bond donors (Lipinski definition) is 0. The van der Waals surface area contributed by atoms with E-state index in [1.54, 1.807) is 16.2 Å². The van der Waals surface area contributed by atoms with Crippen LogP contribution in [-0.2, 0) is 12.8 Å². The van der Waals surface area contributed by atoms with E-state index in [1.807, 2.05) is 21.0 Å². The fourth-order valence-electron chi connectivity index (χ4n) is 3.73. The number of aryl methyl sites for hydroxylation is 4. The molecule has 0 bridgehead atoms. The minimum atomic E-state index is 0. The Bertz CT molecular complexity index is 990. The molecule has 0 aliphatic heterocycles. The van der Waals surface area contributed by atoms with Gasteiger partial charge in [-0.1, -0.05) is 29.8 Å². The van der Waals surface area contributed by atoms with Crippen LogP contribution in [0.15, 0.2) is 24.3 Å². The lowest BCUT2D eigenvalue weighted by molar-refractivity contribution is 0.0827. The molecular formula is C21H23ClN2OS. The van der Waals surface area contributed by atoms with Crippen LogP contribution in [-0.4, -0.2) is 29.9 Å². The highest BCUT2D eigenvalue weighted by molar-refractivity contribution is 7.19. The van der Waals surface area contributed by atoms with Gasteiger partial charge in [0.25, 0.3) is 5.91 Å². The van der Waals surface area contributed by atoms with E-state index < -0.39 is 0 Å². The molecule has 136 valence electrons. The molecule has 0 unspecified atom stereocenters. The molecule has 0 saturated carbocycles. The monoisotopic (exact) mass is 386 g/mol. The van der Waals surface area contributed by atoms with Crippen LogP contribution in [0.25, 0.3) is 21.3 Å². The number of benzene rings is 1. The Morgan fingerprint density at radius 2 is 1.81 bits per heavy atom. The first-order valence-corrected chi connectivity index (χ1v) is 9.52. The molecule has 3 aromatic rings. The van der Waals surface area contributed by atoms with Gasteiger partial charge in [-0.15, -0.1) is 23.7 Å². The van der Waals surface area contributed by atoms with Crippen molar-refractivity contribution in [2.45, 2.75) is 33.1 Å². The first kappa shape index (κ1) is 18.9. The molecule has 1 aromatic carbocycles. The summed E-state index contributed by atoms with van der Waals surface area (Å²) in [4.78, 5) is 22.0. The Kier molecular flexibility index (Phi) is 5.09. The number of amides is 1. The van der Waals surface area contributed by atoms with Crippen LogP contribution in [0.4, 0.5) is 0 Å². The number of carbonyl (C=O) groups is 1. The fourth-order valence-corrected chi connectivity index (χ4v) is 5.05. The predicted molar refractivity (Wildman–Crippen MR) is 112 cm³/mol. The summed E-state index contributed by atoms with van der Waals surface area (Å²) in [7, 11) is 3.62. The summed E-state index contributed by atoms with van der Waals surface area (Å²) in [5, 5.41) is 1.21. The van der Waals surface area contributed by atoms with E-state index in [1.165, 1.54) is 27.8 Å². The molecule has 0 fully saturated rings. The van der Waals surface area contributed by atoms with Gasteiger partial charge in [0.05, 0.1) is 11.3 Å². The quantitative estimate of drug-likeness (QED) is 0.607. The molecule has 3 nitrogen and oxygen atoms in total. The highest BCUT2D eigenvalue weighted by Crippen LogP contribution is 2.43. The van der Waals surface area contributed by atoms with E-state index >= 15 is 0 Å². The molecule has 4 rings (SSSR count). The van der Waals surface area contributed by atoms with Gasteiger partial charge >= 0.3 is 0 Å². The lowest BCUT2D eigenvalue weighted by atomic mass is 9.93. The average molecular weight is 387 g/mol. The van der Waals surface area contributed by atoms with E-state index in [9.17, 15) is 4.79 Å². The third-order valence-corrected chi connectivity index (χ3v) is 6.18. The Morgan fingerprint density at radius 1 is 1.12 bits per heavy atom. The van der Waals surface area contributed by atoms with Crippen LogP contribution in [0.1, 0.15) is 38.5 Å². The van der Waals surface area contributed by atoms with Crippen molar-refractivity contribution >= 4 is 39.9 Å². The van der Waals surface area contributed by atoms with Crippen molar-refractivity contribution in [3.8, 4) is 11.1 Å².